The summed E-state index contributed by atoms with van der Waals surface area (Å²) in [4.78, 5) is 3.55. The summed E-state index contributed by atoms with van der Waals surface area (Å²) in [6, 6.07) is 17.8. The smallest absolute Gasteiger partial charge is 0.416 e. The van der Waals surface area contributed by atoms with E-state index in [0.29, 0.717) is 23.6 Å². The number of rotatable bonds is 3. The van der Waals surface area contributed by atoms with Crippen LogP contribution in [0.4, 0.5) is 13.2 Å². The fourth-order valence-corrected chi connectivity index (χ4v) is 5.84. The molecule has 0 fully saturated rings. The number of aromatic nitrogens is 3. The molecule has 0 saturated heterocycles. The standard InChI is InChI=1S/C27H19BrF3N3O2S/c1-36-18-9-2-14(3-10-18)24-23-20(19-12-16(28)6-11-21(19)32-23)13-22-25(35)33(26(37)34(22)24)17-7-4-15(5-8-17)27(29,30)31/h2-12,24,32,35H,13H2,1H3. The lowest BCUT2D eigenvalue weighted by Gasteiger charge is -2.26. The van der Waals surface area contributed by atoms with Crippen molar-refractivity contribution in [2.75, 3.05) is 7.11 Å². The van der Waals surface area contributed by atoms with Gasteiger partial charge in [-0.3, -0.25) is 4.57 Å². The van der Waals surface area contributed by atoms with Crippen molar-refractivity contribution < 1.29 is 23.0 Å². The SMILES string of the molecule is COc1ccc(C2c3[nH]c4ccc(Br)cc4c3Cc3c(O)n(-c4ccc(C(F)(F)F)cc4)c(=S)n32)cc1. The Morgan fingerprint density at radius 1 is 1.05 bits per heavy atom. The predicted molar refractivity (Wildman–Crippen MR) is 140 cm³/mol. The number of hydrogen-bond acceptors (Lipinski definition) is 3. The Morgan fingerprint density at radius 3 is 2.41 bits per heavy atom. The van der Waals surface area contributed by atoms with Crippen LogP contribution in [0.1, 0.15) is 34.1 Å². The number of halogens is 4. The minimum absolute atomic E-state index is 0.0988. The predicted octanol–water partition coefficient (Wildman–Crippen LogP) is 7.53. The summed E-state index contributed by atoms with van der Waals surface area (Å²) in [6.07, 6.45) is -4.07. The number of nitrogens with zero attached hydrogens (tertiary/aromatic N) is 2. The average Bonchev–Trinajstić information content (AvgIpc) is 3.36. The lowest BCUT2D eigenvalue weighted by atomic mass is 9.93. The van der Waals surface area contributed by atoms with Gasteiger partial charge in [0.15, 0.2) is 4.77 Å². The molecule has 1 atom stereocenters. The Kier molecular flexibility index (Phi) is 5.50. The Hall–Kier alpha value is -3.50. The van der Waals surface area contributed by atoms with Crippen molar-refractivity contribution in [3.8, 4) is 17.3 Å². The number of ether oxygens (including phenoxy) is 1. The number of fused-ring (bicyclic) bond motifs is 4. The molecule has 2 N–H and O–H groups in total. The number of benzene rings is 3. The number of methoxy groups -OCH3 is 1. The van der Waals surface area contributed by atoms with Gasteiger partial charge in [0.2, 0.25) is 5.88 Å². The van der Waals surface area contributed by atoms with E-state index in [-0.39, 0.29) is 10.7 Å². The van der Waals surface area contributed by atoms with Crippen molar-refractivity contribution in [1.82, 2.24) is 14.1 Å². The molecule has 5 aromatic rings. The molecule has 1 aliphatic heterocycles. The van der Waals surface area contributed by atoms with Crippen LogP contribution < -0.4 is 4.74 Å². The van der Waals surface area contributed by atoms with Crippen LogP contribution in [0.15, 0.2) is 71.2 Å². The summed E-state index contributed by atoms with van der Waals surface area (Å²) in [5, 5.41) is 12.4. The normalized spacial score (nSPS) is 15.0. The van der Waals surface area contributed by atoms with E-state index in [2.05, 4.69) is 20.9 Å². The van der Waals surface area contributed by atoms with E-state index in [4.69, 9.17) is 17.0 Å². The first kappa shape index (κ1) is 23.9. The molecule has 0 radical (unpaired) electrons. The Labute approximate surface area is 222 Å². The fraction of sp³-hybridized carbons (Fsp3) is 0.148. The second-order valence-corrected chi connectivity index (χ2v) is 10.1. The summed E-state index contributed by atoms with van der Waals surface area (Å²) in [5.41, 5.74) is 3.99. The molecular formula is C27H19BrF3N3O2S. The third-order valence-electron chi connectivity index (χ3n) is 6.82. The molecule has 0 aliphatic carbocycles. The number of aromatic amines is 1. The second-order valence-electron chi connectivity index (χ2n) is 8.86. The Bertz CT molecular complexity index is 1720. The zero-order chi connectivity index (χ0) is 26.1. The molecule has 0 bridgehead atoms. The van der Waals surface area contributed by atoms with Crippen LogP contribution in [0.5, 0.6) is 11.6 Å². The van der Waals surface area contributed by atoms with Gasteiger partial charge in [0, 0.05) is 27.5 Å². The molecule has 10 heteroatoms. The van der Waals surface area contributed by atoms with Gasteiger partial charge in [-0.25, -0.2) is 0 Å². The maximum Gasteiger partial charge on any atom is 0.416 e. The first-order valence-corrected chi connectivity index (χ1v) is 12.5. The summed E-state index contributed by atoms with van der Waals surface area (Å²) in [5.74, 6) is 0.604. The first-order chi connectivity index (χ1) is 17.7. The number of imidazole rings is 1. The Balaban J connectivity index is 1.59. The summed E-state index contributed by atoms with van der Waals surface area (Å²) in [6.45, 7) is 0. The zero-order valence-electron chi connectivity index (χ0n) is 19.3. The van der Waals surface area contributed by atoms with Gasteiger partial charge in [0.25, 0.3) is 0 Å². The van der Waals surface area contributed by atoms with Gasteiger partial charge in [-0.2, -0.15) is 13.2 Å². The van der Waals surface area contributed by atoms with Crippen LogP contribution in [-0.2, 0) is 12.6 Å². The maximum atomic E-state index is 13.1. The molecule has 1 aliphatic rings. The summed E-state index contributed by atoms with van der Waals surface area (Å²) >= 11 is 9.39. The molecule has 188 valence electrons. The zero-order valence-corrected chi connectivity index (χ0v) is 21.7. The highest BCUT2D eigenvalue weighted by molar-refractivity contribution is 9.10. The molecule has 0 spiro atoms. The number of H-pyrrole nitrogens is 1. The van der Waals surface area contributed by atoms with Crippen molar-refractivity contribution in [1.29, 1.82) is 0 Å². The van der Waals surface area contributed by atoms with Crippen molar-refractivity contribution >= 4 is 39.1 Å². The molecule has 1 unspecified atom stereocenters. The maximum absolute atomic E-state index is 13.1. The lowest BCUT2D eigenvalue weighted by molar-refractivity contribution is -0.137. The molecular weight excluding hydrogens is 567 g/mol. The molecule has 3 aromatic carbocycles. The monoisotopic (exact) mass is 585 g/mol. The summed E-state index contributed by atoms with van der Waals surface area (Å²) in [7, 11) is 1.60. The number of alkyl halides is 3. The molecule has 2 aromatic heterocycles. The number of aromatic hydroxyl groups is 1. The van der Waals surface area contributed by atoms with Crippen LogP contribution in [-0.4, -0.2) is 26.3 Å². The third kappa shape index (κ3) is 3.77. The van der Waals surface area contributed by atoms with Crippen LogP contribution in [0.3, 0.4) is 0 Å². The van der Waals surface area contributed by atoms with Crippen molar-refractivity contribution in [3.05, 3.63) is 104 Å². The van der Waals surface area contributed by atoms with Gasteiger partial charge in [0.1, 0.15) is 11.8 Å². The van der Waals surface area contributed by atoms with Crippen LogP contribution in [0, 0.1) is 4.77 Å². The first-order valence-electron chi connectivity index (χ1n) is 11.3. The van der Waals surface area contributed by atoms with E-state index in [1.165, 1.54) is 16.7 Å². The Morgan fingerprint density at radius 2 is 1.76 bits per heavy atom. The quantitative estimate of drug-likeness (QED) is 0.211. The second kappa shape index (κ2) is 8.53. The van der Waals surface area contributed by atoms with Gasteiger partial charge < -0.3 is 19.4 Å². The fourth-order valence-electron chi connectivity index (χ4n) is 5.08. The van der Waals surface area contributed by atoms with Gasteiger partial charge in [-0.15, -0.1) is 0 Å². The van der Waals surface area contributed by atoms with Gasteiger partial charge in [-0.1, -0.05) is 28.1 Å². The molecule has 5 nitrogen and oxygen atoms in total. The molecule has 0 saturated carbocycles. The van der Waals surface area contributed by atoms with Gasteiger partial charge in [0.05, 0.1) is 24.1 Å². The topological polar surface area (TPSA) is 55.1 Å². The molecule has 0 amide bonds. The molecule has 37 heavy (non-hydrogen) atoms. The van der Waals surface area contributed by atoms with Gasteiger partial charge >= 0.3 is 6.18 Å². The highest BCUT2D eigenvalue weighted by Crippen LogP contribution is 2.44. The molecule has 3 heterocycles. The van der Waals surface area contributed by atoms with E-state index in [1.807, 2.05) is 47.0 Å². The third-order valence-corrected chi connectivity index (χ3v) is 7.69. The van der Waals surface area contributed by atoms with Gasteiger partial charge in [-0.05, 0) is 77.9 Å². The van der Waals surface area contributed by atoms with Crippen molar-refractivity contribution in [3.63, 3.8) is 0 Å². The molecule has 6 rings (SSSR count). The lowest BCUT2D eigenvalue weighted by Crippen LogP contribution is -2.21. The number of nitrogens with one attached hydrogen (secondary N) is 1. The minimum Gasteiger partial charge on any atom is -0.497 e. The highest BCUT2D eigenvalue weighted by Gasteiger charge is 2.35. The van der Waals surface area contributed by atoms with Crippen LogP contribution in [0.2, 0.25) is 0 Å². The average molecular weight is 586 g/mol. The van der Waals surface area contributed by atoms with E-state index in [9.17, 15) is 18.3 Å². The van der Waals surface area contributed by atoms with Crippen LogP contribution >= 0.6 is 28.1 Å². The van der Waals surface area contributed by atoms with Crippen molar-refractivity contribution in [2.24, 2.45) is 0 Å². The minimum atomic E-state index is -4.46. The van der Waals surface area contributed by atoms with E-state index >= 15 is 0 Å². The highest BCUT2D eigenvalue weighted by atomic mass is 79.9. The van der Waals surface area contributed by atoms with Crippen molar-refractivity contribution in [2.45, 2.75) is 18.6 Å². The summed E-state index contributed by atoms with van der Waals surface area (Å²) < 4.78 is 49.2. The largest absolute Gasteiger partial charge is 0.497 e. The van der Waals surface area contributed by atoms with Crippen LogP contribution in [0.25, 0.3) is 16.6 Å². The number of hydrogen-bond donors (Lipinski definition) is 2. The van der Waals surface area contributed by atoms with E-state index in [0.717, 1.165) is 44.3 Å². The van der Waals surface area contributed by atoms with E-state index < -0.39 is 17.8 Å². The van der Waals surface area contributed by atoms with E-state index in [1.54, 1.807) is 7.11 Å².